The highest BCUT2D eigenvalue weighted by molar-refractivity contribution is 6.13. The quantitative estimate of drug-likeness (QED) is 0.198. The molecular weight excluding hydrogens is 583 g/mol. The molecule has 10 rings (SSSR count). The lowest BCUT2D eigenvalue weighted by molar-refractivity contribution is 0.662. The van der Waals surface area contributed by atoms with Gasteiger partial charge in [0.25, 0.3) is 0 Å². The van der Waals surface area contributed by atoms with Crippen molar-refractivity contribution >= 4 is 43.5 Å². The molecule has 0 saturated carbocycles. The van der Waals surface area contributed by atoms with Crippen molar-refractivity contribution in [3.05, 3.63) is 163 Å². The number of hydrogen-bond donors (Lipinski definition) is 0. The van der Waals surface area contributed by atoms with E-state index >= 15 is 0 Å². The molecule has 2 aromatic heterocycles. The lowest BCUT2D eigenvalue weighted by Gasteiger charge is -2.24. The summed E-state index contributed by atoms with van der Waals surface area (Å²) in [5.74, 6) is 0.674. The van der Waals surface area contributed by atoms with Crippen LogP contribution in [0.5, 0.6) is 0 Å². The van der Waals surface area contributed by atoms with Crippen LogP contribution < -0.4 is 0 Å². The van der Waals surface area contributed by atoms with Crippen LogP contribution in [0, 0.1) is 0 Å². The Morgan fingerprint density at radius 3 is 2.06 bits per heavy atom. The smallest absolute Gasteiger partial charge is 0.235 e. The fourth-order valence-corrected chi connectivity index (χ4v) is 8.16. The Hall–Kier alpha value is -6.06. The Labute approximate surface area is 278 Å². The van der Waals surface area contributed by atoms with Gasteiger partial charge in [0.1, 0.15) is 0 Å². The highest BCUT2D eigenvalue weighted by atomic mass is 15.2. The highest BCUT2D eigenvalue weighted by Crippen LogP contribution is 2.52. The third kappa shape index (κ3) is 3.82. The predicted octanol–water partition coefficient (Wildman–Crippen LogP) is 11.5. The van der Waals surface area contributed by atoms with Crippen LogP contribution in [0.3, 0.4) is 0 Å². The van der Waals surface area contributed by atoms with Gasteiger partial charge in [-0.3, -0.25) is 4.57 Å². The molecule has 0 radical (unpaired) electrons. The monoisotopic (exact) mass is 613 g/mol. The predicted molar refractivity (Wildman–Crippen MR) is 200 cm³/mol. The average Bonchev–Trinajstić information content (AvgIpc) is 3.58. The SMILES string of the molecule is CC1(C)c2ccccc2-c2cccc(-c3ccc4nc(-n5c6ccccc6c6cc7ccccc7cc65)nc(-c5ccccc5)c4c3)c21. The molecule has 2 heterocycles. The molecule has 1 aliphatic carbocycles. The lowest BCUT2D eigenvalue weighted by Crippen LogP contribution is -2.16. The molecule has 7 aromatic carbocycles. The van der Waals surface area contributed by atoms with E-state index in [-0.39, 0.29) is 5.41 Å². The van der Waals surface area contributed by atoms with E-state index in [1.807, 2.05) is 0 Å². The Balaban J connectivity index is 1.24. The minimum atomic E-state index is -0.110. The van der Waals surface area contributed by atoms with Crippen LogP contribution in [-0.4, -0.2) is 14.5 Å². The van der Waals surface area contributed by atoms with Crippen LogP contribution in [0.2, 0.25) is 0 Å². The maximum Gasteiger partial charge on any atom is 0.235 e. The van der Waals surface area contributed by atoms with Crippen molar-refractivity contribution in [1.29, 1.82) is 0 Å². The number of nitrogens with zero attached hydrogens (tertiary/aromatic N) is 3. The van der Waals surface area contributed by atoms with Gasteiger partial charge in [-0.05, 0) is 74.5 Å². The van der Waals surface area contributed by atoms with E-state index < -0.39 is 0 Å². The number of para-hydroxylation sites is 1. The van der Waals surface area contributed by atoms with Crippen LogP contribution in [0.4, 0.5) is 0 Å². The van der Waals surface area contributed by atoms with Crippen molar-refractivity contribution in [3.8, 4) is 39.5 Å². The third-order valence-corrected chi connectivity index (χ3v) is 10.4. The Bertz CT molecular complexity index is 2750. The van der Waals surface area contributed by atoms with Crippen LogP contribution in [0.25, 0.3) is 82.9 Å². The topological polar surface area (TPSA) is 30.7 Å². The second-order valence-corrected chi connectivity index (χ2v) is 13.4. The number of fused-ring (bicyclic) bond motifs is 8. The fraction of sp³-hybridized carbons (Fsp3) is 0.0667. The zero-order valence-electron chi connectivity index (χ0n) is 26.8. The van der Waals surface area contributed by atoms with E-state index in [1.165, 1.54) is 54.9 Å². The van der Waals surface area contributed by atoms with Crippen LogP contribution in [0.1, 0.15) is 25.0 Å². The second kappa shape index (κ2) is 9.97. The second-order valence-electron chi connectivity index (χ2n) is 13.4. The normalized spacial score (nSPS) is 13.4. The molecule has 0 atom stereocenters. The molecule has 0 bridgehead atoms. The summed E-state index contributed by atoms with van der Waals surface area (Å²) in [5.41, 5.74) is 12.9. The maximum atomic E-state index is 5.41. The minimum Gasteiger partial charge on any atom is -0.278 e. The number of rotatable bonds is 3. The van der Waals surface area contributed by atoms with E-state index in [1.54, 1.807) is 0 Å². The molecular formula is C45H31N3. The molecule has 3 heteroatoms. The van der Waals surface area contributed by atoms with E-state index in [0.29, 0.717) is 5.95 Å². The molecule has 0 spiro atoms. The molecule has 0 saturated heterocycles. The van der Waals surface area contributed by atoms with E-state index in [4.69, 9.17) is 9.97 Å². The highest BCUT2D eigenvalue weighted by Gasteiger charge is 2.37. The van der Waals surface area contributed by atoms with Gasteiger partial charge in [0.2, 0.25) is 5.95 Å². The molecule has 48 heavy (non-hydrogen) atoms. The molecule has 0 N–H and O–H groups in total. The van der Waals surface area contributed by atoms with Crippen molar-refractivity contribution < 1.29 is 0 Å². The van der Waals surface area contributed by atoms with Gasteiger partial charge >= 0.3 is 0 Å². The summed E-state index contributed by atoms with van der Waals surface area (Å²) in [7, 11) is 0. The first-order valence-corrected chi connectivity index (χ1v) is 16.6. The standard InChI is InChI=1S/C45H31N3/c1-45(2)38-21-10-8-17-33(38)35-20-12-19-32(42(35)45)31-23-24-39-37(26-31)43(28-13-4-3-5-14-28)47-44(46-39)48-40-22-11-9-18-34(40)36-25-29-15-6-7-16-30(29)27-41(36)48/h3-27H,1-2H3. The maximum absolute atomic E-state index is 5.41. The molecule has 0 aliphatic heterocycles. The molecule has 9 aromatic rings. The Kier molecular flexibility index (Phi) is 5.63. The van der Waals surface area contributed by atoms with Crippen LogP contribution >= 0.6 is 0 Å². The Morgan fingerprint density at radius 2 is 1.19 bits per heavy atom. The minimum absolute atomic E-state index is 0.110. The van der Waals surface area contributed by atoms with Gasteiger partial charge in [0.15, 0.2) is 0 Å². The van der Waals surface area contributed by atoms with Gasteiger partial charge in [-0.2, -0.15) is 0 Å². The first kappa shape index (κ1) is 27.1. The van der Waals surface area contributed by atoms with Crippen molar-refractivity contribution in [2.75, 3.05) is 0 Å². The van der Waals surface area contributed by atoms with E-state index in [0.717, 1.165) is 33.2 Å². The summed E-state index contributed by atoms with van der Waals surface area (Å²) in [5, 5.41) is 5.86. The fourth-order valence-electron chi connectivity index (χ4n) is 8.16. The summed E-state index contributed by atoms with van der Waals surface area (Å²) >= 11 is 0. The summed E-state index contributed by atoms with van der Waals surface area (Å²) in [4.78, 5) is 10.7. The van der Waals surface area contributed by atoms with Gasteiger partial charge in [-0.25, -0.2) is 9.97 Å². The largest absolute Gasteiger partial charge is 0.278 e. The molecule has 0 fully saturated rings. The van der Waals surface area contributed by atoms with Crippen molar-refractivity contribution in [2.45, 2.75) is 19.3 Å². The summed E-state index contributed by atoms with van der Waals surface area (Å²) in [6, 6.07) is 54.5. The molecule has 226 valence electrons. The van der Waals surface area contributed by atoms with Crippen molar-refractivity contribution in [2.24, 2.45) is 0 Å². The first-order chi connectivity index (χ1) is 23.6. The average molecular weight is 614 g/mol. The van der Waals surface area contributed by atoms with E-state index in [2.05, 4.69) is 170 Å². The zero-order chi connectivity index (χ0) is 32.0. The number of aromatic nitrogens is 3. The zero-order valence-corrected chi connectivity index (χ0v) is 26.8. The lowest BCUT2D eigenvalue weighted by atomic mass is 9.78. The first-order valence-electron chi connectivity index (χ1n) is 16.6. The van der Waals surface area contributed by atoms with Crippen molar-refractivity contribution in [1.82, 2.24) is 14.5 Å². The van der Waals surface area contributed by atoms with Gasteiger partial charge in [-0.1, -0.05) is 135 Å². The van der Waals surface area contributed by atoms with Gasteiger partial charge in [-0.15, -0.1) is 0 Å². The third-order valence-electron chi connectivity index (χ3n) is 10.4. The molecule has 0 amide bonds. The van der Waals surface area contributed by atoms with Crippen LogP contribution in [0.15, 0.2) is 152 Å². The van der Waals surface area contributed by atoms with Gasteiger partial charge in [0.05, 0.1) is 22.2 Å². The van der Waals surface area contributed by atoms with E-state index in [9.17, 15) is 0 Å². The number of benzene rings is 7. The molecule has 3 nitrogen and oxygen atoms in total. The van der Waals surface area contributed by atoms with Gasteiger partial charge < -0.3 is 0 Å². The summed E-state index contributed by atoms with van der Waals surface area (Å²) < 4.78 is 2.24. The molecule has 0 unspecified atom stereocenters. The van der Waals surface area contributed by atoms with Crippen LogP contribution in [-0.2, 0) is 5.41 Å². The Morgan fingerprint density at radius 1 is 0.479 bits per heavy atom. The van der Waals surface area contributed by atoms with Crippen molar-refractivity contribution in [3.63, 3.8) is 0 Å². The molecule has 1 aliphatic rings. The summed E-state index contributed by atoms with van der Waals surface area (Å²) in [6.45, 7) is 4.70. The number of hydrogen-bond acceptors (Lipinski definition) is 2. The van der Waals surface area contributed by atoms with Gasteiger partial charge in [0, 0.05) is 27.1 Å². The summed E-state index contributed by atoms with van der Waals surface area (Å²) in [6.07, 6.45) is 0.